The van der Waals surface area contributed by atoms with E-state index in [1.165, 1.54) is 0 Å². The van der Waals surface area contributed by atoms with Crippen molar-refractivity contribution >= 4 is 29.9 Å². The number of likely N-dealkylation sites (tertiary alicyclic amines) is 1. The topological polar surface area (TPSA) is 39.7 Å². The first-order valence-corrected chi connectivity index (χ1v) is 7.42. The molecule has 0 aromatic carbocycles. The third-order valence-corrected chi connectivity index (χ3v) is 3.33. The molecular formula is C13H24F5IN4. The van der Waals surface area contributed by atoms with E-state index in [4.69, 9.17) is 0 Å². The van der Waals surface area contributed by atoms with Crippen LogP contribution < -0.4 is 10.6 Å². The van der Waals surface area contributed by atoms with Crippen LogP contribution in [0.15, 0.2) is 4.99 Å². The van der Waals surface area contributed by atoms with Gasteiger partial charge in [-0.05, 0) is 19.8 Å². The Morgan fingerprint density at radius 2 is 1.87 bits per heavy atom. The third-order valence-electron chi connectivity index (χ3n) is 3.33. The molecule has 2 N–H and O–H groups in total. The largest absolute Gasteiger partial charge is 0.390 e. The van der Waals surface area contributed by atoms with E-state index in [-0.39, 0.29) is 43.1 Å². The normalized spacial score (nSPS) is 18.0. The molecule has 0 bridgehead atoms. The molecule has 1 rings (SSSR count). The molecule has 0 aromatic rings. The molecule has 0 spiro atoms. The molecule has 10 heteroatoms. The Morgan fingerprint density at radius 3 is 2.35 bits per heavy atom. The fourth-order valence-electron chi connectivity index (χ4n) is 2.26. The van der Waals surface area contributed by atoms with Crippen molar-refractivity contribution < 1.29 is 22.0 Å². The first-order chi connectivity index (χ1) is 10.3. The lowest BCUT2D eigenvalue weighted by Gasteiger charge is -2.32. The van der Waals surface area contributed by atoms with Crippen LogP contribution in [-0.2, 0) is 0 Å². The second-order valence-electron chi connectivity index (χ2n) is 5.24. The summed E-state index contributed by atoms with van der Waals surface area (Å²) in [7, 11) is 0. The van der Waals surface area contributed by atoms with Crippen LogP contribution in [0.2, 0.25) is 0 Å². The van der Waals surface area contributed by atoms with Gasteiger partial charge in [-0.15, -0.1) is 24.0 Å². The van der Waals surface area contributed by atoms with E-state index in [0.717, 1.165) is 0 Å². The van der Waals surface area contributed by atoms with Crippen LogP contribution in [0.3, 0.4) is 0 Å². The van der Waals surface area contributed by atoms with Crippen LogP contribution in [0, 0.1) is 0 Å². The predicted octanol–water partition coefficient (Wildman–Crippen LogP) is 2.84. The van der Waals surface area contributed by atoms with Gasteiger partial charge in [0, 0.05) is 25.7 Å². The second kappa shape index (κ2) is 11.2. The molecule has 0 aliphatic carbocycles. The molecule has 1 aliphatic rings. The number of guanidine groups is 1. The van der Waals surface area contributed by atoms with E-state index >= 15 is 0 Å². The van der Waals surface area contributed by atoms with Gasteiger partial charge >= 0.3 is 6.18 Å². The zero-order valence-electron chi connectivity index (χ0n) is 13.0. The first-order valence-electron chi connectivity index (χ1n) is 7.42. The predicted molar refractivity (Wildman–Crippen MR) is 90.7 cm³/mol. The molecule has 0 radical (unpaired) electrons. The molecule has 138 valence electrons. The Balaban J connectivity index is 0.00000484. The number of hydrogen-bond acceptors (Lipinski definition) is 2. The van der Waals surface area contributed by atoms with Gasteiger partial charge in [-0.1, -0.05) is 0 Å². The van der Waals surface area contributed by atoms with Gasteiger partial charge in [0.2, 0.25) is 0 Å². The Morgan fingerprint density at radius 1 is 1.26 bits per heavy atom. The van der Waals surface area contributed by atoms with Crippen molar-refractivity contribution in [1.82, 2.24) is 15.5 Å². The molecule has 0 unspecified atom stereocenters. The van der Waals surface area contributed by atoms with Gasteiger partial charge in [0.25, 0.3) is 6.43 Å². The molecule has 23 heavy (non-hydrogen) atoms. The molecule has 0 saturated carbocycles. The van der Waals surface area contributed by atoms with Crippen LogP contribution in [-0.4, -0.2) is 62.2 Å². The molecule has 0 amide bonds. The summed E-state index contributed by atoms with van der Waals surface area (Å²) in [5.74, 6) is 0.346. The summed E-state index contributed by atoms with van der Waals surface area (Å²) in [4.78, 5) is 5.59. The van der Waals surface area contributed by atoms with Crippen molar-refractivity contribution in [3.8, 4) is 0 Å². The highest BCUT2D eigenvalue weighted by atomic mass is 127. The zero-order chi connectivity index (χ0) is 16.6. The molecule has 0 atom stereocenters. The monoisotopic (exact) mass is 458 g/mol. The van der Waals surface area contributed by atoms with Gasteiger partial charge < -0.3 is 10.6 Å². The number of rotatable bonds is 6. The fourth-order valence-corrected chi connectivity index (χ4v) is 2.26. The SMILES string of the molecule is CCNC(=NCCC(F)(F)F)NC1CCN(CC(F)F)CC1.I. The van der Waals surface area contributed by atoms with E-state index in [0.29, 0.717) is 38.4 Å². The molecule has 0 aromatic heterocycles. The van der Waals surface area contributed by atoms with Crippen LogP contribution in [0.4, 0.5) is 22.0 Å². The van der Waals surface area contributed by atoms with Crippen molar-refractivity contribution in [3.63, 3.8) is 0 Å². The van der Waals surface area contributed by atoms with Gasteiger partial charge in [-0.2, -0.15) is 13.2 Å². The number of nitrogens with one attached hydrogen (secondary N) is 2. The number of alkyl halides is 5. The summed E-state index contributed by atoms with van der Waals surface area (Å²) in [5.41, 5.74) is 0. The average Bonchev–Trinajstić information content (AvgIpc) is 2.39. The average molecular weight is 458 g/mol. The fraction of sp³-hybridized carbons (Fsp3) is 0.923. The van der Waals surface area contributed by atoms with E-state index in [2.05, 4.69) is 15.6 Å². The van der Waals surface area contributed by atoms with Crippen LogP contribution >= 0.6 is 24.0 Å². The smallest absolute Gasteiger partial charge is 0.357 e. The van der Waals surface area contributed by atoms with Gasteiger partial charge in [0.05, 0.1) is 19.5 Å². The van der Waals surface area contributed by atoms with Crippen LogP contribution in [0.25, 0.3) is 0 Å². The summed E-state index contributed by atoms with van der Waals surface area (Å²) in [5, 5.41) is 5.97. The third kappa shape index (κ3) is 10.9. The molecule has 4 nitrogen and oxygen atoms in total. The molecule has 1 heterocycles. The van der Waals surface area contributed by atoms with Gasteiger partial charge in [0.15, 0.2) is 5.96 Å². The van der Waals surface area contributed by atoms with Crippen molar-refractivity contribution in [1.29, 1.82) is 0 Å². The second-order valence-corrected chi connectivity index (χ2v) is 5.24. The van der Waals surface area contributed by atoms with E-state index in [9.17, 15) is 22.0 Å². The summed E-state index contributed by atoms with van der Waals surface area (Å²) >= 11 is 0. The Bertz CT molecular complexity index is 344. The molecule has 1 fully saturated rings. The van der Waals surface area contributed by atoms with Crippen molar-refractivity contribution in [3.05, 3.63) is 0 Å². The molecule has 1 aliphatic heterocycles. The number of aliphatic imine (C=N–C) groups is 1. The maximum atomic E-state index is 12.3. The summed E-state index contributed by atoms with van der Waals surface area (Å²) in [6.07, 6.45) is -6.20. The maximum absolute atomic E-state index is 12.3. The van der Waals surface area contributed by atoms with Crippen LogP contribution in [0.1, 0.15) is 26.2 Å². The van der Waals surface area contributed by atoms with E-state index < -0.39 is 19.0 Å². The molecule has 1 saturated heterocycles. The van der Waals surface area contributed by atoms with Gasteiger partial charge in [-0.3, -0.25) is 9.89 Å². The van der Waals surface area contributed by atoms with Gasteiger partial charge in [0.1, 0.15) is 0 Å². The van der Waals surface area contributed by atoms with Crippen molar-refractivity contribution in [2.75, 3.05) is 32.7 Å². The Hall–Kier alpha value is -0.390. The summed E-state index contributed by atoms with van der Waals surface area (Å²) in [6.45, 7) is 2.90. The van der Waals surface area contributed by atoms with E-state index in [1.54, 1.807) is 4.90 Å². The lowest BCUT2D eigenvalue weighted by atomic mass is 10.1. The number of piperidine rings is 1. The quantitative estimate of drug-likeness (QED) is 0.279. The Kier molecular flexibility index (Phi) is 11.0. The van der Waals surface area contributed by atoms with Crippen molar-refractivity contribution in [2.24, 2.45) is 4.99 Å². The highest BCUT2D eigenvalue weighted by Gasteiger charge is 2.26. The number of hydrogen-bond donors (Lipinski definition) is 2. The minimum atomic E-state index is -4.22. The highest BCUT2D eigenvalue weighted by molar-refractivity contribution is 14.0. The number of halogens is 6. The first kappa shape index (κ1) is 22.6. The van der Waals surface area contributed by atoms with Crippen LogP contribution in [0.5, 0.6) is 0 Å². The highest BCUT2D eigenvalue weighted by Crippen LogP contribution is 2.19. The maximum Gasteiger partial charge on any atom is 0.390 e. The lowest BCUT2D eigenvalue weighted by Crippen LogP contribution is -2.49. The Labute approximate surface area is 150 Å². The molecular weight excluding hydrogens is 434 g/mol. The van der Waals surface area contributed by atoms with Crippen molar-refractivity contribution in [2.45, 2.75) is 44.8 Å². The van der Waals surface area contributed by atoms with E-state index in [1.807, 2.05) is 6.92 Å². The standard InChI is InChI=1S/C13H23F5N4.HI/c1-2-19-12(20-6-5-13(16,17)18)21-10-3-7-22(8-4-10)9-11(14)15;/h10-11H,2-9H2,1H3,(H2,19,20,21);1H. The lowest BCUT2D eigenvalue weighted by molar-refractivity contribution is -0.132. The number of nitrogens with zero attached hydrogens (tertiary/aromatic N) is 2. The minimum Gasteiger partial charge on any atom is -0.357 e. The summed E-state index contributed by atoms with van der Waals surface area (Å²) in [6, 6.07) is 0.0395. The minimum absolute atomic E-state index is 0. The summed E-state index contributed by atoms with van der Waals surface area (Å²) < 4.78 is 60.9. The zero-order valence-corrected chi connectivity index (χ0v) is 15.3. The van der Waals surface area contributed by atoms with Gasteiger partial charge in [-0.25, -0.2) is 8.78 Å².